The van der Waals surface area contributed by atoms with Gasteiger partial charge in [0, 0.05) is 16.4 Å². The molecule has 0 saturated heterocycles. The van der Waals surface area contributed by atoms with Crippen LogP contribution in [0.5, 0.6) is 0 Å². The van der Waals surface area contributed by atoms with Crippen LogP contribution in [0.2, 0.25) is 0 Å². The number of benzene rings is 1. The summed E-state index contributed by atoms with van der Waals surface area (Å²) in [5.74, 6) is 0. The SMILES string of the molecule is CC(C)(C)C(OC(N)=O)c1ccc(N)c(P(C)(C)=O)c1. The number of rotatable bonds is 3. The minimum absolute atomic E-state index is 0.339. The minimum Gasteiger partial charge on any atom is -0.441 e. The quantitative estimate of drug-likeness (QED) is 0.662. The number of carbonyl (C=O) groups is 1. The highest BCUT2D eigenvalue weighted by atomic mass is 31.2. The van der Waals surface area contributed by atoms with Gasteiger partial charge in [0.1, 0.15) is 13.2 Å². The summed E-state index contributed by atoms with van der Waals surface area (Å²) < 4.78 is 17.5. The van der Waals surface area contributed by atoms with Crippen molar-refractivity contribution in [3.63, 3.8) is 0 Å². The highest BCUT2D eigenvalue weighted by Crippen LogP contribution is 2.41. The highest BCUT2D eigenvalue weighted by molar-refractivity contribution is 7.70. The van der Waals surface area contributed by atoms with E-state index in [9.17, 15) is 9.36 Å². The molecular formula is C14H23N2O3P. The highest BCUT2D eigenvalue weighted by Gasteiger charge is 2.30. The Kier molecular flexibility index (Phi) is 4.55. The van der Waals surface area contributed by atoms with E-state index in [2.05, 4.69) is 0 Å². The van der Waals surface area contributed by atoms with Crippen LogP contribution in [0.4, 0.5) is 10.5 Å². The van der Waals surface area contributed by atoms with Crippen molar-refractivity contribution in [2.75, 3.05) is 19.1 Å². The van der Waals surface area contributed by atoms with Crippen molar-refractivity contribution in [1.29, 1.82) is 0 Å². The molecular weight excluding hydrogens is 275 g/mol. The monoisotopic (exact) mass is 298 g/mol. The molecule has 1 aromatic rings. The van der Waals surface area contributed by atoms with Gasteiger partial charge in [-0.15, -0.1) is 0 Å². The maximum atomic E-state index is 12.3. The first-order chi connectivity index (χ1) is 8.93. The molecule has 20 heavy (non-hydrogen) atoms. The van der Waals surface area contributed by atoms with Crippen molar-refractivity contribution in [2.24, 2.45) is 11.1 Å². The van der Waals surface area contributed by atoms with Crippen molar-refractivity contribution in [3.05, 3.63) is 23.8 Å². The lowest BCUT2D eigenvalue weighted by molar-refractivity contribution is 0.0360. The molecule has 0 spiro atoms. The molecule has 0 saturated carbocycles. The Labute approximate surface area is 120 Å². The van der Waals surface area contributed by atoms with Crippen molar-refractivity contribution in [2.45, 2.75) is 26.9 Å². The summed E-state index contributed by atoms with van der Waals surface area (Å²) in [7, 11) is -2.51. The van der Waals surface area contributed by atoms with E-state index in [1.54, 1.807) is 31.5 Å². The lowest BCUT2D eigenvalue weighted by Crippen LogP contribution is -2.27. The number of amides is 1. The van der Waals surface area contributed by atoms with E-state index in [0.717, 1.165) is 5.56 Å². The molecule has 0 radical (unpaired) electrons. The number of hydrogen-bond donors (Lipinski definition) is 2. The number of nitrogens with two attached hydrogens (primary N) is 2. The molecule has 1 aromatic carbocycles. The lowest BCUT2D eigenvalue weighted by atomic mass is 9.84. The van der Waals surface area contributed by atoms with E-state index in [1.165, 1.54) is 0 Å². The van der Waals surface area contributed by atoms with Gasteiger partial charge in [0.2, 0.25) is 0 Å². The molecule has 0 heterocycles. The summed E-state index contributed by atoms with van der Waals surface area (Å²) in [5.41, 5.74) is 11.9. The van der Waals surface area contributed by atoms with Crippen LogP contribution >= 0.6 is 7.14 Å². The van der Waals surface area contributed by atoms with Gasteiger partial charge in [-0.25, -0.2) is 4.79 Å². The van der Waals surface area contributed by atoms with Crippen molar-refractivity contribution in [1.82, 2.24) is 0 Å². The second-order valence-corrected chi connectivity index (χ2v) is 9.54. The molecule has 0 aromatic heterocycles. The van der Waals surface area contributed by atoms with E-state index in [0.29, 0.717) is 11.0 Å². The number of primary amides is 1. The number of ether oxygens (including phenoxy) is 1. The third-order valence-electron chi connectivity index (χ3n) is 2.96. The van der Waals surface area contributed by atoms with Crippen molar-refractivity contribution >= 4 is 24.2 Å². The van der Waals surface area contributed by atoms with Crippen LogP contribution in [0.3, 0.4) is 0 Å². The average Bonchev–Trinajstić information content (AvgIpc) is 2.23. The van der Waals surface area contributed by atoms with Gasteiger partial charge in [0.25, 0.3) is 0 Å². The predicted octanol–water partition coefficient (Wildman–Crippen LogP) is 2.70. The molecule has 5 nitrogen and oxygen atoms in total. The molecule has 1 rings (SSSR count). The molecule has 1 unspecified atom stereocenters. The van der Waals surface area contributed by atoms with Crippen LogP contribution in [-0.2, 0) is 9.30 Å². The summed E-state index contributed by atoms with van der Waals surface area (Å²) in [6.07, 6.45) is -1.36. The number of hydrogen-bond acceptors (Lipinski definition) is 4. The fraction of sp³-hybridized carbons (Fsp3) is 0.500. The molecule has 6 heteroatoms. The normalized spacial score (nSPS) is 13.8. The number of carbonyl (C=O) groups excluding carboxylic acids is 1. The third-order valence-corrected chi connectivity index (χ3v) is 4.51. The van der Waals surface area contributed by atoms with Crippen molar-refractivity contribution < 1.29 is 14.1 Å². The van der Waals surface area contributed by atoms with Crippen LogP contribution in [0.15, 0.2) is 18.2 Å². The predicted molar refractivity (Wildman–Crippen MR) is 82.8 cm³/mol. The first-order valence-corrected chi connectivity index (χ1v) is 8.94. The Balaban J connectivity index is 3.36. The first kappa shape index (κ1) is 16.6. The summed E-state index contributed by atoms with van der Waals surface area (Å²) >= 11 is 0. The Morgan fingerprint density at radius 2 is 1.85 bits per heavy atom. The first-order valence-electron chi connectivity index (χ1n) is 6.34. The van der Waals surface area contributed by atoms with Gasteiger partial charge < -0.3 is 20.8 Å². The average molecular weight is 298 g/mol. The minimum atomic E-state index is -2.51. The number of nitrogen functional groups attached to an aromatic ring is 1. The zero-order valence-corrected chi connectivity index (χ0v) is 13.5. The molecule has 112 valence electrons. The van der Waals surface area contributed by atoms with Gasteiger partial charge in [0.15, 0.2) is 0 Å². The maximum absolute atomic E-state index is 12.3. The second-order valence-electron chi connectivity index (χ2n) is 6.35. The largest absolute Gasteiger partial charge is 0.441 e. The Morgan fingerprint density at radius 1 is 1.30 bits per heavy atom. The van der Waals surface area contributed by atoms with E-state index in [1.807, 2.05) is 20.8 Å². The molecule has 4 N–H and O–H groups in total. The van der Waals surface area contributed by atoms with Crippen LogP contribution in [0, 0.1) is 5.41 Å². The van der Waals surface area contributed by atoms with E-state index in [-0.39, 0.29) is 5.41 Å². The lowest BCUT2D eigenvalue weighted by Gasteiger charge is -2.30. The molecule has 0 bridgehead atoms. The topological polar surface area (TPSA) is 95.4 Å². The summed E-state index contributed by atoms with van der Waals surface area (Å²) in [6, 6.07) is 5.20. The van der Waals surface area contributed by atoms with Crippen LogP contribution in [0.1, 0.15) is 32.4 Å². The van der Waals surface area contributed by atoms with Gasteiger partial charge in [-0.05, 0) is 31.0 Å². The summed E-state index contributed by atoms with van der Waals surface area (Å²) in [6.45, 7) is 9.13. The Hall–Kier alpha value is -1.48. The molecule has 0 fully saturated rings. The van der Waals surface area contributed by atoms with Gasteiger partial charge in [-0.3, -0.25) is 0 Å². The van der Waals surface area contributed by atoms with Crippen LogP contribution in [-0.4, -0.2) is 19.4 Å². The van der Waals surface area contributed by atoms with Gasteiger partial charge in [-0.1, -0.05) is 26.8 Å². The third kappa shape index (κ3) is 4.01. The fourth-order valence-electron chi connectivity index (χ4n) is 2.05. The smallest absolute Gasteiger partial charge is 0.405 e. The van der Waals surface area contributed by atoms with Crippen molar-refractivity contribution in [3.8, 4) is 0 Å². The van der Waals surface area contributed by atoms with Crippen LogP contribution < -0.4 is 16.8 Å². The Morgan fingerprint density at radius 3 is 2.25 bits per heavy atom. The number of anilines is 1. The van der Waals surface area contributed by atoms with E-state index >= 15 is 0 Å². The molecule has 0 aliphatic carbocycles. The van der Waals surface area contributed by atoms with Gasteiger partial charge in [-0.2, -0.15) is 0 Å². The molecule has 0 aliphatic heterocycles. The standard InChI is InChI=1S/C14H23N2O3P/c1-14(2,3)12(19-13(16)17)9-6-7-10(15)11(8-9)20(4,5)18/h6-8,12H,15H2,1-5H3,(H2,16,17). The Bertz CT molecular complexity index is 558. The zero-order chi connectivity index (χ0) is 15.7. The molecule has 1 atom stereocenters. The maximum Gasteiger partial charge on any atom is 0.405 e. The van der Waals surface area contributed by atoms with E-state index < -0.39 is 19.3 Å². The fourth-order valence-corrected chi connectivity index (χ4v) is 3.21. The molecule has 1 amide bonds. The van der Waals surface area contributed by atoms with E-state index in [4.69, 9.17) is 16.2 Å². The van der Waals surface area contributed by atoms with Crippen LogP contribution in [0.25, 0.3) is 0 Å². The summed E-state index contributed by atoms with van der Waals surface area (Å²) in [4.78, 5) is 11.1. The van der Waals surface area contributed by atoms with Gasteiger partial charge >= 0.3 is 6.09 Å². The molecule has 0 aliphatic rings. The summed E-state index contributed by atoms with van der Waals surface area (Å²) in [5, 5.41) is 0.595. The second kappa shape index (κ2) is 5.49. The van der Waals surface area contributed by atoms with Gasteiger partial charge in [0.05, 0.1) is 0 Å². The zero-order valence-electron chi connectivity index (χ0n) is 12.6.